The molecular formula is C22H19F3N2O3. The van der Waals surface area contributed by atoms with E-state index in [4.69, 9.17) is 4.74 Å². The first-order valence-corrected chi connectivity index (χ1v) is 9.64. The number of aromatic nitrogens is 1. The fraction of sp³-hybridized carbons (Fsp3) is 0.273. The third-order valence-electron chi connectivity index (χ3n) is 5.28. The van der Waals surface area contributed by atoms with Gasteiger partial charge in [0.25, 0.3) is 5.91 Å². The summed E-state index contributed by atoms with van der Waals surface area (Å²) in [4.78, 5) is 28.1. The number of amides is 1. The molecule has 0 spiro atoms. The lowest BCUT2D eigenvalue weighted by molar-refractivity contribution is -0.123. The molecule has 2 N–H and O–H groups in total. The van der Waals surface area contributed by atoms with Crippen LogP contribution in [0.3, 0.4) is 0 Å². The standard InChI is InChI=1S/C22H19F3N2O3/c1-11(21(28)27-18-9-7-15(23)19(24)20(18)25)30-22(29)12-6-8-17-14(10-12)13-4-2-3-5-16(13)26-17/h6-11,26H,2-5H2,1H3,(H,27,28). The van der Waals surface area contributed by atoms with Gasteiger partial charge in [0.15, 0.2) is 23.6 Å². The van der Waals surface area contributed by atoms with Crippen LogP contribution in [0.2, 0.25) is 0 Å². The van der Waals surface area contributed by atoms with Gasteiger partial charge in [-0.05, 0) is 68.5 Å². The molecule has 5 nitrogen and oxygen atoms in total. The highest BCUT2D eigenvalue weighted by Gasteiger charge is 2.23. The van der Waals surface area contributed by atoms with E-state index in [0.717, 1.165) is 42.7 Å². The average Bonchev–Trinajstić information content (AvgIpc) is 3.11. The minimum absolute atomic E-state index is 0.286. The van der Waals surface area contributed by atoms with Gasteiger partial charge in [-0.1, -0.05) is 0 Å². The first-order valence-electron chi connectivity index (χ1n) is 9.64. The number of H-pyrrole nitrogens is 1. The van der Waals surface area contributed by atoms with Crippen LogP contribution in [0.4, 0.5) is 18.9 Å². The Bertz CT molecular complexity index is 1160. The Hall–Kier alpha value is -3.29. The smallest absolute Gasteiger partial charge is 0.338 e. The minimum atomic E-state index is -1.69. The van der Waals surface area contributed by atoms with Crippen molar-refractivity contribution >= 4 is 28.5 Å². The highest BCUT2D eigenvalue weighted by atomic mass is 19.2. The SMILES string of the molecule is CC(OC(=O)c1ccc2[nH]c3c(c2c1)CCCC3)C(=O)Nc1ccc(F)c(F)c1F. The number of rotatable bonds is 4. The number of carbonyl (C=O) groups is 2. The van der Waals surface area contributed by atoms with Crippen molar-refractivity contribution in [2.24, 2.45) is 0 Å². The normalized spacial score (nSPS) is 14.3. The van der Waals surface area contributed by atoms with Crippen LogP contribution >= 0.6 is 0 Å². The maximum atomic E-state index is 13.7. The zero-order valence-corrected chi connectivity index (χ0v) is 16.2. The first kappa shape index (κ1) is 20.0. The fourth-order valence-corrected chi connectivity index (χ4v) is 3.67. The summed E-state index contributed by atoms with van der Waals surface area (Å²) in [5, 5.41) is 3.06. The van der Waals surface area contributed by atoms with Crippen molar-refractivity contribution in [3.8, 4) is 0 Å². The van der Waals surface area contributed by atoms with Gasteiger partial charge in [-0.25, -0.2) is 18.0 Å². The topological polar surface area (TPSA) is 71.2 Å². The Balaban J connectivity index is 1.48. The summed E-state index contributed by atoms with van der Waals surface area (Å²) in [5.41, 5.74) is 3.07. The van der Waals surface area contributed by atoms with Crippen molar-refractivity contribution in [2.75, 3.05) is 5.32 Å². The second-order valence-corrected chi connectivity index (χ2v) is 7.31. The van der Waals surface area contributed by atoms with Crippen molar-refractivity contribution in [3.63, 3.8) is 0 Å². The van der Waals surface area contributed by atoms with Gasteiger partial charge in [-0.3, -0.25) is 4.79 Å². The molecule has 0 radical (unpaired) electrons. The van der Waals surface area contributed by atoms with Gasteiger partial charge in [0.2, 0.25) is 0 Å². The number of hydrogen-bond acceptors (Lipinski definition) is 3. The second-order valence-electron chi connectivity index (χ2n) is 7.31. The summed E-state index contributed by atoms with van der Waals surface area (Å²) in [6, 6.07) is 6.72. The predicted octanol–water partition coefficient (Wildman–Crippen LogP) is 4.65. The Labute approximate surface area is 170 Å². The van der Waals surface area contributed by atoms with Crippen molar-refractivity contribution in [3.05, 3.63) is 64.6 Å². The number of halogens is 3. The van der Waals surface area contributed by atoms with Gasteiger partial charge >= 0.3 is 5.97 Å². The van der Waals surface area contributed by atoms with Crippen molar-refractivity contribution < 1.29 is 27.5 Å². The van der Waals surface area contributed by atoms with Gasteiger partial charge in [0, 0.05) is 16.6 Å². The number of nitrogens with one attached hydrogen (secondary N) is 2. The number of hydrogen-bond donors (Lipinski definition) is 2. The first-order chi connectivity index (χ1) is 14.3. The monoisotopic (exact) mass is 416 g/mol. The van der Waals surface area contributed by atoms with Crippen LogP contribution in [0.5, 0.6) is 0 Å². The van der Waals surface area contributed by atoms with Gasteiger partial charge < -0.3 is 15.0 Å². The molecule has 1 atom stereocenters. The molecule has 4 rings (SSSR count). The van der Waals surface area contributed by atoms with E-state index in [0.29, 0.717) is 6.07 Å². The highest BCUT2D eigenvalue weighted by Crippen LogP contribution is 2.30. The number of carbonyl (C=O) groups excluding carboxylic acids is 2. The largest absolute Gasteiger partial charge is 0.449 e. The van der Waals surface area contributed by atoms with Gasteiger partial charge in [-0.15, -0.1) is 0 Å². The Morgan fingerprint density at radius 3 is 2.63 bits per heavy atom. The summed E-state index contributed by atoms with van der Waals surface area (Å²) in [6.07, 6.45) is 2.85. The Morgan fingerprint density at radius 1 is 1.07 bits per heavy atom. The third-order valence-corrected chi connectivity index (χ3v) is 5.28. The lowest BCUT2D eigenvalue weighted by Crippen LogP contribution is -2.30. The molecule has 1 heterocycles. The molecule has 1 aromatic heterocycles. The molecule has 1 unspecified atom stereocenters. The Kier molecular flexibility index (Phi) is 5.24. The molecule has 156 valence electrons. The number of esters is 1. The third kappa shape index (κ3) is 3.65. The number of benzene rings is 2. The number of aromatic amines is 1. The molecule has 8 heteroatoms. The molecule has 0 bridgehead atoms. The summed E-state index contributed by atoms with van der Waals surface area (Å²) < 4.78 is 45.2. The molecule has 1 aliphatic carbocycles. The average molecular weight is 416 g/mol. The molecule has 3 aromatic rings. The number of ether oxygens (including phenoxy) is 1. The summed E-state index contributed by atoms with van der Waals surface area (Å²) in [7, 11) is 0. The molecule has 0 saturated carbocycles. The maximum Gasteiger partial charge on any atom is 0.338 e. The summed E-state index contributed by atoms with van der Waals surface area (Å²) >= 11 is 0. The van der Waals surface area contributed by atoms with Gasteiger partial charge in [0.05, 0.1) is 11.3 Å². The molecule has 0 aliphatic heterocycles. The zero-order valence-electron chi connectivity index (χ0n) is 16.2. The van der Waals surface area contributed by atoms with Crippen LogP contribution in [0, 0.1) is 17.5 Å². The minimum Gasteiger partial charge on any atom is -0.449 e. The van der Waals surface area contributed by atoms with Crippen LogP contribution in [-0.2, 0) is 22.4 Å². The van der Waals surface area contributed by atoms with E-state index in [9.17, 15) is 22.8 Å². The number of aryl methyl sites for hydroxylation is 2. The van der Waals surface area contributed by atoms with Crippen molar-refractivity contribution in [1.82, 2.24) is 4.98 Å². The van der Waals surface area contributed by atoms with Crippen molar-refractivity contribution in [2.45, 2.75) is 38.7 Å². The molecule has 1 amide bonds. The van der Waals surface area contributed by atoms with E-state index in [1.165, 1.54) is 18.2 Å². The molecule has 1 aliphatic rings. The quantitative estimate of drug-likeness (QED) is 0.481. The van der Waals surface area contributed by atoms with E-state index in [2.05, 4.69) is 10.3 Å². The summed E-state index contributed by atoms with van der Waals surface area (Å²) in [6.45, 7) is 1.31. The molecule has 0 fully saturated rings. The zero-order chi connectivity index (χ0) is 21.4. The van der Waals surface area contributed by atoms with Gasteiger partial charge in [-0.2, -0.15) is 0 Å². The van der Waals surface area contributed by atoms with Crippen LogP contribution in [0.15, 0.2) is 30.3 Å². The maximum absolute atomic E-state index is 13.7. The van der Waals surface area contributed by atoms with E-state index < -0.39 is 41.1 Å². The van der Waals surface area contributed by atoms with E-state index in [-0.39, 0.29) is 5.56 Å². The van der Waals surface area contributed by atoms with E-state index >= 15 is 0 Å². The Morgan fingerprint density at radius 2 is 1.83 bits per heavy atom. The van der Waals surface area contributed by atoms with Gasteiger partial charge in [0.1, 0.15) is 0 Å². The van der Waals surface area contributed by atoms with E-state index in [1.807, 2.05) is 0 Å². The van der Waals surface area contributed by atoms with Crippen LogP contribution in [0.25, 0.3) is 10.9 Å². The van der Waals surface area contributed by atoms with Crippen LogP contribution < -0.4 is 5.32 Å². The van der Waals surface area contributed by atoms with Crippen LogP contribution in [0.1, 0.15) is 41.4 Å². The highest BCUT2D eigenvalue weighted by molar-refractivity contribution is 5.99. The summed E-state index contributed by atoms with van der Waals surface area (Å²) in [5.74, 6) is -6.16. The molecule has 30 heavy (non-hydrogen) atoms. The van der Waals surface area contributed by atoms with Crippen molar-refractivity contribution in [1.29, 1.82) is 0 Å². The lowest BCUT2D eigenvalue weighted by atomic mass is 9.95. The fourth-order valence-electron chi connectivity index (χ4n) is 3.67. The van der Waals surface area contributed by atoms with E-state index in [1.54, 1.807) is 18.2 Å². The molecule has 2 aromatic carbocycles. The molecule has 0 saturated heterocycles. The second kappa shape index (κ2) is 7.85. The number of anilines is 1. The predicted molar refractivity (Wildman–Crippen MR) is 105 cm³/mol. The lowest BCUT2D eigenvalue weighted by Gasteiger charge is -2.14. The number of fused-ring (bicyclic) bond motifs is 3. The van der Waals surface area contributed by atoms with Crippen LogP contribution in [-0.4, -0.2) is 23.0 Å². The molecular weight excluding hydrogens is 397 g/mol.